The largest absolute Gasteiger partial charge is 0.330 e. The molecule has 0 aliphatic carbocycles. The molecule has 0 bridgehead atoms. The maximum atomic E-state index is 5.73. The van der Waals surface area contributed by atoms with E-state index in [0.717, 1.165) is 12.5 Å². The predicted octanol–water partition coefficient (Wildman–Crippen LogP) is 2.19. The van der Waals surface area contributed by atoms with E-state index in [1.54, 1.807) is 0 Å². The smallest absolute Gasteiger partial charge is 0.0279 e. The standard InChI is InChI=1S/C12H26N2S/c1-4-12(5-2,15-3)10-14-7-6-11(8-13)9-14/h11H,4-10,13H2,1-3H3. The lowest BCUT2D eigenvalue weighted by Gasteiger charge is -2.34. The van der Waals surface area contributed by atoms with Crippen molar-refractivity contribution in [2.45, 2.75) is 37.9 Å². The molecule has 0 spiro atoms. The second-order valence-corrected chi connectivity index (χ2v) is 5.99. The van der Waals surface area contributed by atoms with E-state index in [1.807, 2.05) is 11.8 Å². The normalized spacial score (nSPS) is 23.6. The van der Waals surface area contributed by atoms with Crippen LogP contribution in [-0.4, -0.2) is 42.1 Å². The van der Waals surface area contributed by atoms with Gasteiger partial charge in [0.2, 0.25) is 0 Å². The number of hydrogen-bond acceptors (Lipinski definition) is 3. The Kier molecular flexibility index (Phi) is 5.44. The molecule has 1 aliphatic rings. The zero-order valence-electron chi connectivity index (χ0n) is 10.5. The van der Waals surface area contributed by atoms with Crippen molar-refractivity contribution in [3.05, 3.63) is 0 Å². The van der Waals surface area contributed by atoms with Gasteiger partial charge >= 0.3 is 0 Å². The summed E-state index contributed by atoms with van der Waals surface area (Å²) in [5.41, 5.74) is 5.73. The van der Waals surface area contributed by atoms with Gasteiger partial charge in [-0.25, -0.2) is 0 Å². The predicted molar refractivity (Wildman–Crippen MR) is 70.4 cm³/mol. The van der Waals surface area contributed by atoms with Gasteiger partial charge in [-0.3, -0.25) is 0 Å². The lowest BCUT2D eigenvalue weighted by Crippen LogP contribution is -2.39. The van der Waals surface area contributed by atoms with Crippen LogP contribution in [-0.2, 0) is 0 Å². The summed E-state index contributed by atoms with van der Waals surface area (Å²) in [5, 5.41) is 0. The molecular formula is C12H26N2S. The maximum Gasteiger partial charge on any atom is 0.0279 e. The Morgan fingerprint density at radius 3 is 2.47 bits per heavy atom. The zero-order valence-corrected chi connectivity index (χ0v) is 11.3. The van der Waals surface area contributed by atoms with Gasteiger partial charge in [-0.15, -0.1) is 0 Å². The van der Waals surface area contributed by atoms with E-state index >= 15 is 0 Å². The topological polar surface area (TPSA) is 29.3 Å². The second kappa shape index (κ2) is 6.12. The first kappa shape index (κ1) is 13.3. The number of nitrogens with zero attached hydrogens (tertiary/aromatic N) is 1. The van der Waals surface area contributed by atoms with E-state index in [1.165, 1.54) is 38.9 Å². The van der Waals surface area contributed by atoms with Crippen LogP contribution in [0.3, 0.4) is 0 Å². The van der Waals surface area contributed by atoms with Crippen molar-refractivity contribution in [1.29, 1.82) is 0 Å². The van der Waals surface area contributed by atoms with Crippen molar-refractivity contribution in [3.63, 3.8) is 0 Å². The summed E-state index contributed by atoms with van der Waals surface area (Å²) in [7, 11) is 0. The van der Waals surface area contributed by atoms with E-state index in [9.17, 15) is 0 Å². The van der Waals surface area contributed by atoms with Crippen LogP contribution < -0.4 is 5.73 Å². The van der Waals surface area contributed by atoms with Gasteiger partial charge in [-0.1, -0.05) is 13.8 Å². The molecule has 0 radical (unpaired) electrons. The van der Waals surface area contributed by atoms with Gasteiger partial charge in [0, 0.05) is 17.8 Å². The Labute approximate surface area is 99.0 Å². The van der Waals surface area contributed by atoms with Crippen LogP contribution in [0, 0.1) is 5.92 Å². The molecule has 2 nitrogen and oxygen atoms in total. The Morgan fingerprint density at radius 2 is 2.07 bits per heavy atom. The number of nitrogens with two attached hydrogens (primary N) is 1. The van der Waals surface area contributed by atoms with Gasteiger partial charge < -0.3 is 10.6 Å². The molecule has 90 valence electrons. The highest BCUT2D eigenvalue weighted by atomic mass is 32.2. The monoisotopic (exact) mass is 230 g/mol. The van der Waals surface area contributed by atoms with Gasteiger partial charge in [0.05, 0.1) is 0 Å². The molecule has 1 aliphatic heterocycles. The van der Waals surface area contributed by atoms with E-state index in [-0.39, 0.29) is 0 Å². The van der Waals surface area contributed by atoms with Crippen molar-refractivity contribution < 1.29 is 0 Å². The lowest BCUT2D eigenvalue weighted by atomic mass is 10.0. The summed E-state index contributed by atoms with van der Waals surface area (Å²) in [5.74, 6) is 0.748. The molecule has 0 aromatic carbocycles. The Bertz CT molecular complexity index is 172. The summed E-state index contributed by atoms with van der Waals surface area (Å²) < 4.78 is 0.476. The van der Waals surface area contributed by atoms with Crippen LogP contribution in [0.25, 0.3) is 0 Å². The number of hydrogen-bond donors (Lipinski definition) is 1. The minimum Gasteiger partial charge on any atom is -0.330 e. The molecule has 0 aromatic rings. The molecule has 0 amide bonds. The maximum absolute atomic E-state index is 5.73. The molecule has 1 atom stereocenters. The van der Waals surface area contributed by atoms with Gasteiger partial charge in [-0.2, -0.15) is 11.8 Å². The quantitative estimate of drug-likeness (QED) is 0.758. The van der Waals surface area contributed by atoms with Crippen LogP contribution in [0.1, 0.15) is 33.1 Å². The molecule has 2 N–H and O–H groups in total. The zero-order chi connectivity index (χ0) is 11.3. The summed E-state index contributed by atoms with van der Waals surface area (Å²) in [6.45, 7) is 9.22. The lowest BCUT2D eigenvalue weighted by molar-refractivity contribution is 0.280. The Balaban J connectivity index is 2.45. The fourth-order valence-electron chi connectivity index (χ4n) is 2.48. The molecule has 1 rings (SSSR count). The molecular weight excluding hydrogens is 204 g/mol. The minimum atomic E-state index is 0.476. The highest BCUT2D eigenvalue weighted by molar-refractivity contribution is 8.00. The third-order valence-corrected chi connectivity index (χ3v) is 5.51. The Hall–Kier alpha value is 0.270. The van der Waals surface area contributed by atoms with E-state index < -0.39 is 0 Å². The van der Waals surface area contributed by atoms with Crippen molar-refractivity contribution in [2.75, 3.05) is 32.4 Å². The highest BCUT2D eigenvalue weighted by Gasteiger charge is 2.31. The SMILES string of the molecule is CCC(CC)(CN1CCC(CN)C1)SC. The third-order valence-electron chi connectivity index (χ3n) is 3.94. The highest BCUT2D eigenvalue weighted by Crippen LogP contribution is 2.32. The van der Waals surface area contributed by atoms with E-state index in [0.29, 0.717) is 4.75 Å². The first-order valence-corrected chi connectivity index (χ1v) is 7.39. The van der Waals surface area contributed by atoms with Crippen LogP contribution in [0.2, 0.25) is 0 Å². The first-order chi connectivity index (χ1) is 7.19. The number of likely N-dealkylation sites (tertiary alicyclic amines) is 1. The minimum absolute atomic E-state index is 0.476. The average molecular weight is 230 g/mol. The summed E-state index contributed by atoms with van der Waals surface area (Å²) in [4.78, 5) is 2.61. The second-order valence-electron chi connectivity index (χ2n) is 4.72. The first-order valence-electron chi connectivity index (χ1n) is 6.17. The summed E-state index contributed by atoms with van der Waals surface area (Å²) >= 11 is 2.04. The summed E-state index contributed by atoms with van der Waals surface area (Å²) in [6, 6.07) is 0. The van der Waals surface area contributed by atoms with Gasteiger partial charge in [-0.05, 0) is 44.5 Å². The molecule has 3 heteroatoms. The molecule has 0 aromatic heterocycles. The average Bonchev–Trinajstić information content (AvgIpc) is 2.73. The molecule has 15 heavy (non-hydrogen) atoms. The Morgan fingerprint density at radius 1 is 1.40 bits per heavy atom. The van der Waals surface area contributed by atoms with Crippen molar-refractivity contribution in [2.24, 2.45) is 11.7 Å². The molecule has 1 saturated heterocycles. The van der Waals surface area contributed by atoms with E-state index in [4.69, 9.17) is 5.73 Å². The molecule has 1 fully saturated rings. The van der Waals surface area contributed by atoms with Gasteiger partial charge in [0.15, 0.2) is 0 Å². The summed E-state index contributed by atoms with van der Waals surface area (Å²) in [6.07, 6.45) is 6.10. The van der Waals surface area contributed by atoms with Crippen molar-refractivity contribution >= 4 is 11.8 Å². The third kappa shape index (κ3) is 3.36. The van der Waals surface area contributed by atoms with Crippen LogP contribution in [0.4, 0.5) is 0 Å². The van der Waals surface area contributed by atoms with Gasteiger partial charge in [0.1, 0.15) is 0 Å². The van der Waals surface area contributed by atoms with Crippen LogP contribution in [0.5, 0.6) is 0 Å². The number of thioether (sulfide) groups is 1. The molecule has 1 unspecified atom stereocenters. The molecule has 0 saturated carbocycles. The fraction of sp³-hybridized carbons (Fsp3) is 1.00. The van der Waals surface area contributed by atoms with Crippen LogP contribution >= 0.6 is 11.8 Å². The fourth-order valence-corrected chi connectivity index (χ4v) is 3.37. The van der Waals surface area contributed by atoms with Crippen LogP contribution in [0.15, 0.2) is 0 Å². The van der Waals surface area contributed by atoms with Crippen molar-refractivity contribution in [3.8, 4) is 0 Å². The van der Waals surface area contributed by atoms with Gasteiger partial charge in [0.25, 0.3) is 0 Å². The molecule has 1 heterocycles. The number of rotatable bonds is 6. The van der Waals surface area contributed by atoms with Crippen molar-refractivity contribution in [1.82, 2.24) is 4.90 Å². The van der Waals surface area contributed by atoms with E-state index in [2.05, 4.69) is 25.0 Å².